The third-order valence-electron chi connectivity index (χ3n) is 4.75. The van der Waals surface area contributed by atoms with Gasteiger partial charge in [0.15, 0.2) is 0 Å². The summed E-state index contributed by atoms with van der Waals surface area (Å²) in [4.78, 5) is 16.8. The monoisotopic (exact) mass is 267 g/mol. The van der Waals surface area contributed by atoms with Crippen molar-refractivity contribution in [1.82, 2.24) is 15.1 Å². The van der Waals surface area contributed by atoms with Gasteiger partial charge in [-0.1, -0.05) is 19.8 Å². The van der Waals surface area contributed by atoms with Gasteiger partial charge in [0.05, 0.1) is 6.54 Å². The van der Waals surface area contributed by atoms with Gasteiger partial charge in [0.1, 0.15) is 0 Å². The van der Waals surface area contributed by atoms with Crippen molar-refractivity contribution in [1.29, 1.82) is 0 Å². The van der Waals surface area contributed by atoms with Crippen molar-refractivity contribution in [3.05, 3.63) is 0 Å². The summed E-state index contributed by atoms with van der Waals surface area (Å²) in [5.74, 6) is 0.967. The molecule has 0 spiro atoms. The second kappa shape index (κ2) is 7.25. The van der Waals surface area contributed by atoms with E-state index in [1.165, 1.54) is 25.7 Å². The molecule has 1 heterocycles. The van der Waals surface area contributed by atoms with Crippen LogP contribution >= 0.6 is 0 Å². The van der Waals surface area contributed by atoms with Crippen molar-refractivity contribution in [3.8, 4) is 0 Å². The van der Waals surface area contributed by atoms with Crippen LogP contribution in [0.5, 0.6) is 0 Å². The second-order valence-electron chi connectivity index (χ2n) is 6.21. The Bertz CT molecular complexity index is 287. The summed E-state index contributed by atoms with van der Waals surface area (Å²) >= 11 is 0. The number of nitrogens with zero attached hydrogens (tertiary/aromatic N) is 2. The van der Waals surface area contributed by atoms with Crippen LogP contribution < -0.4 is 5.32 Å². The van der Waals surface area contributed by atoms with Gasteiger partial charge in [0, 0.05) is 26.2 Å². The van der Waals surface area contributed by atoms with E-state index in [4.69, 9.17) is 0 Å². The topological polar surface area (TPSA) is 35.6 Å². The average molecular weight is 267 g/mol. The van der Waals surface area contributed by atoms with Gasteiger partial charge < -0.3 is 10.2 Å². The molecule has 19 heavy (non-hydrogen) atoms. The number of rotatable bonds is 3. The first kappa shape index (κ1) is 14.8. The standard InChI is InChI=1S/C15H29N3O/c1-13-6-3-4-7-14(13)17(2)15(19)12-18-10-5-8-16-9-11-18/h13-14,16H,3-12H2,1-2H3. The fraction of sp³-hybridized carbons (Fsp3) is 0.933. The molecule has 0 aromatic heterocycles. The zero-order valence-corrected chi connectivity index (χ0v) is 12.5. The van der Waals surface area contributed by atoms with Gasteiger partial charge in [-0.05, 0) is 38.3 Å². The van der Waals surface area contributed by atoms with Crippen LogP contribution in [0.2, 0.25) is 0 Å². The van der Waals surface area contributed by atoms with E-state index in [2.05, 4.69) is 17.1 Å². The van der Waals surface area contributed by atoms with Gasteiger partial charge in [-0.25, -0.2) is 0 Å². The van der Waals surface area contributed by atoms with Crippen LogP contribution in [0.25, 0.3) is 0 Å². The summed E-state index contributed by atoms with van der Waals surface area (Å²) in [6.45, 7) is 7.04. The second-order valence-corrected chi connectivity index (χ2v) is 6.21. The molecule has 1 aliphatic carbocycles. The molecule has 110 valence electrons. The number of hydrogen-bond donors (Lipinski definition) is 1. The first-order valence-electron chi connectivity index (χ1n) is 7.87. The molecule has 1 amide bonds. The number of nitrogens with one attached hydrogen (secondary N) is 1. The van der Waals surface area contributed by atoms with E-state index in [0.717, 1.165) is 32.6 Å². The Morgan fingerprint density at radius 2 is 2.00 bits per heavy atom. The van der Waals surface area contributed by atoms with Crippen LogP contribution in [-0.4, -0.2) is 61.5 Å². The Labute approximate surface area is 117 Å². The lowest BCUT2D eigenvalue weighted by Gasteiger charge is -2.37. The van der Waals surface area contributed by atoms with E-state index in [0.29, 0.717) is 24.4 Å². The van der Waals surface area contributed by atoms with E-state index in [-0.39, 0.29) is 0 Å². The maximum absolute atomic E-state index is 12.4. The third-order valence-corrected chi connectivity index (χ3v) is 4.75. The molecule has 1 saturated carbocycles. The molecule has 0 aromatic rings. The summed E-state index contributed by atoms with van der Waals surface area (Å²) in [5, 5.41) is 3.38. The number of carbonyl (C=O) groups excluding carboxylic acids is 1. The number of amides is 1. The largest absolute Gasteiger partial charge is 0.341 e. The summed E-state index contributed by atoms with van der Waals surface area (Å²) in [6.07, 6.45) is 6.22. The molecule has 0 radical (unpaired) electrons. The SMILES string of the molecule is CC1CCCCC1N(C)C(=O)CN1CCCNCC1. The van der Waals surface area contributed by atoms with E-state index < -0.39 is 0 Å². The van der Waals surface area contributed by atoms with Gasteiger partial charge in [-0.2, -0.15) is 0 Å². The minimum Gasteiger partial charge on any atom is -0.341 e. The fourth-order valence-electron chi connectivity index (χ4n) is 3.42. The molecule has 1 aliphatic heterocycles. The summed E-state index contributed by atoms with van der Waals surface area (Å²) in [7, 11) is 2.00. The van der Waals surface area contributed by atoms with Gasteiger partial charge in [0.25, 0.3) is 0 Å². The van der Waals surface area contributed by atoms with Crippen molar-refractivity contribution in [2.75, 3.05) is 39.8 Å². The van der Waals surface area contributed by atoms with E-state index in [1.807, 2.05) is 11.9 Å². The lowest BCUT2D eigenvalue weighted by atomic mass is 9.85. The highest BCUT2D eigenvalue weighted by molar-refractivity contribution is 5.78. The molecule has 2 aliphatic rings. The first-order chi connectivity index (χ1) is 9.18. The van der Waals surface area contributed by atoms with Crippen LogP contribution in [0, 0.1) is 5.92 Å². The molecule has 4 nitrogen and oxygen atoms in total. The highest BCUT2D eigenvalue weighted by Gasteiger charge is 2.28. The van der Waals surface area contributed by atoms with Gasteiger partial charge in [-0.15, -0.1) is 0 Å². The molecule has 0 aromatic carbocycles. The van der Waals surface area contributed by atoms with Crippen LogP contribution in [0.3, 0.4) is 0 Å². The smallest absolute Gasteiger partial charge is 0.236 e. The Kier molecular flexibility index (Phi) is 5.64. The minimum absolute atomic E-state index is 0.306. The highest BCUT2D eigenvalue weighted by atomic mass is 16.2. The normalized spacial score (nSPS) is 29.8. The summed E-state index contributed by atoms with van der Waals surface area (Å²) < 4.78 is 0. The molecular formula is C15H29N3O. The van der Waals surface area contributed by atoms with Gasteiger partial charge in [-0.3, -0.25) is 9.69 Å². The van der Waals surface area contributed by atoms with Crippen molar-refractivity contribution in [3.63, 3.8) is 0 Å². The molecule has 2 atom stereocenters. The molecular weight excluding hydrogens is 238 g/mol. The predicted molar refractivity (Wildman–Crippen MR) is 78.1 cm³/mol. The zero-order valence-electron chi connectivity index (χ0n) is 12.5. The average Bonchev–Trinajstić information content (AvgIpc) is 2.67. The lowest BCUT2D eigenvalue weighted by molar-refractivity contribution is -0.134. The van der Waals surface area contributed by atoms with Crippen molar-refractivity contribution in [2.24, 2.45) is 5.92 Å². The number of carbonyl (C=O) groups is 1. The Morgan fingerprint density at radius 1 is 1.21 bits per heavy atom. The number of likely N-dealkylation sites (N-methyl/N-ethyl adjacent to an activating group) is 1. The predicted octanol–water partition coefficient (Wildman–Crippen LogP) is 1.32. The maximum atomic E-state index is 12.4. The molecule has 2 rings (SSSR count). The van der Waals surface area contributed by atoms with Crippen molar-refractivity contribution < 1.29 is 4.79 Å². The van der Waals surface area contributed by atoms with E-state index in [9.17, 15) is 4.79 Å². The lowest BCUT2D eigenvalue weighted by Crippen LogP contribution is -2.47. The molecule has 1 N–H and O–H groups in total. The minimum atomic E-state index is 0.306. The maximum Gasteiger partial charge on any atom is 0.236 e. The van der Waals surface area contributed by atoms with Crippen molar-refractivity contribution in [2.45, 2.75) is 45.1 Å². The quantitative estimate of drug-likeness (QED) is 0.838. The fourth-order valence-corrected chi connectivity index (χ4v) is 3.42. The zero-order chi connectivity index (χ0) is 13.7. The Balaban J connectivity index is 1.83. The first-order valence-corrected chi connectivity index (χ1v) is 7.87. The summed E-state index contributed by atoms with van der Waals surface area (Å²) in [5.41, 5.74) is 0. The van der Waals surface area contributed by atoms with Crippen LogP contribution in [0.15, 0.2) is 0 Å². The van der Waals surface area contributed by atoms with Gasteiger partial charge in [0.2, 0.25) is 5.91 Å². The molecule has 2 fully saturated rings. The Hall–Kier alpha value is -0.610. The highest BCUT2D eigenvalue weighted by Crippen LogP contribution is 2.27. The molecule has 4 heteroatoms. The van der Waals surface area contributed by atoms with Crippen molar-refractivity contribution >= 4 is 5.91 Å². The third kappa shape index (κ3) is 4.18. The Morgan fingerprint density at radius 3 is 2.79 bits per heavy atom. The van der Waals surface area contributed by atoms with E-state index in [1.54, 1.807) is 0 Å². The van der Waals surface area contributed by atoms with Crippen LogP contribution in [0.4, 0.5) is 0 Å². The molecule has 1 saturated heterocycles. The van der Waals surface area contributed by atoms with Crippen LogP contribution in [0.1, 0.15) is 39.0 Å². The summed E-state index contributed by atoms with van der Waals surface area (Å²) in [6, 6.07) is 0.464. The van der Waals surface area contributed by atoms with Crippen LogP contribution in [-0.2, 0) is 4.79 Å². The van der Waals surface area contributed by atoms with E-state index >= 15 is 0 Å². The number of hydrogen-bond acceptors (Lipinski definition) is 3. The molecule has 0 bridgehead atoms. The molecule has 2 unspecified atom stereocenters. The van der Waals surface area contributed by atoms with Gasteiger partial charge >= 0.3 is 0 Å².